The third-order valence-electron chi connectivity index (χ3n) is 7.09. The fraction of sp³-hybridized carbons (Fsp3) is 0.679. The Hall–Kier alpha value is -1.71. The van der Waals surface area contributed by atoms with E-state index in [1.165, 1.54) is 11.3 Å². The van der Waals surface area contributed by atoms with Crippen LogP contribution in [0.4, 0.5) is 0 Å². The molecule has 0 bridgehead atoms. The number of Topliss-reactive ketones (excluding diaryl/α,β-unsaturated/α-hetero) is 1. The highest BCUT2D eigenvalue weighted by Gasteiger charge is 2.42. The minimum absolute atomic E-state index is 0.149. The molecule has 1 aromatic rings. The number of hydrogen-bond donors (Lipinski definition) is 4. The average Bonchev–Trinajstić information content (AvgIpc) is 3.20. The fourth-order valence-corrected chi connectivity index (χ4v) is 5.01. The SMILES string of the molecule is C=CCC(C(=O)C(C)(C)C(O)CC=O)C(O)C(C)CCCC(C)(O)CC(O)/C(C)=C/c1csc(C)n1. The van der Waals surface area contributed by atoms with Crippen molar-refractivity contribution >= 4 is 29.5 Å². The van der Waals surface area contributed by atoms with Gasteiger partial charge in [-0.15, -0.1) is 17.9 Å². The number of aromatic nitrogens is 1. The van der Waals surface area contributed by atoms with Gasteiger partial charge in [0.15, 0.2) is 0 Å². The molecule has 4 N–H and O–H groups in total. The second kappa shape index (κ2) is 14.3. The van der Waals surface area contributed by atoms with Crippen LogP contribution >= 0.6 is 11.3 Å². The second-order valence-corrected chi connectivity index (χ2v) is 12.0. The molecular formula is C28H45NO6S. The zero-order chi connectivity index (χ0) is 27.7. The number of carbonyl (C=O) groups excluding carboxylic acids is 2. The number of nitrogens with zero attached hydrogens (tertiary/aromatic N) is 1. The van der Waals surface area contributed by atoms with Gasteiger partial charge in [0.2, 0.25) is 0 Å². The van der Waals surface area contributed by atoms with Gasteiger partial charge < -0.3 is 25.2 Å². The number of aryl methyl sites for hydroxylation is 1. The molecule has 0 fully saturated rings. The highest BCUT2D eigenvalue weighted by Crippen LogP contribution is 2.34. The average molecular weight is 524 g/mol. The van der Waals surface area contributed by atoms with E-state index in [2.05, 4.69) is 11.6 Å². The fourth-order valence-electron chi connectivity index (χ4n) is 4.44. The Morgan fingerprint density at radius 2 is 1.86 bits per heavy atom. The number of hydrogen-bond acceptors (Lipinski definition) is 8. The second-order valence-electron chi connectivity index (χ2n) is 10.9. The van der Waals surface area contributed by atoms with Gasteiger partial charge in [0.25, 0.3) is 0 Å². The molecule has 1 aromatic heterocycles. The lowest BCUT2D eigenvalue weighted by Gasteiger charge is -2.35. The Kier molecular flexibility index (Phi) is 12.8. The molecule has 0 saturated carbocycles. The van der Waals surface area contributed by atoms with Crippen molar-refractivity contribution in [3.8, 4) is 0 Å². The standard InChI is InChI=1S/C28H45NO6S/c1-8-10-22(26(34)27(5,6)24(32)12-14-30)25(33)18(2)11-9-13-28(7,35)16-23(31)19(3)15-21-17-36-20(4)29-21/h8,14-15,17-18,22-25,31-33,35H,1,9-13,16H2,2-7H3/b19-15+. The summed E-state index contributed by atoms with van der Waals surface area (Å²) in [7, 11) is 0. The Labute approximate surface area is 220 Å². The van der Waals surface area contributed by atoms with Crippen LogP contribution in [0.5, 0.6) is 0 Å². The van der Waals surface area contributed by atoms with Crippen molar-refractivity contribution in [1.82, 2.24) is 4.98 Å². The van der Waals surface area contributed by atoms with Crippen LogP contribution in [0.1, 0.15) is 83.8 Å². The van der Waals surface area contributed by atoms with Crippen LogP contribution in [0.2, 0.25) is 0 Å². The molecule has 7 nitrogen and oxygen atoms in total. The zero-order valence-electron chi connectivity index (χ0n) is 22.6. The van der Waals surface area contributed by atoms with E-state index < -0.39 is 35.2 Å². The minimum atomic E-state index is -1.18. The highest BCUT2D eigenvalue weighted by atomic mass is 32.1. The monoisotopic (exact) mass is 523 g/mol. The molecule has 1 rings (SSSR count). The van der Waals surface area contributed by atoms with Crippen molar-refractivity contribution in [2.75, 3.05) is 0 Å². The summed E-state index contributed by atoms with van der Waals surface area (Å²) in [5.74, 6) is -1.30. The first-order valence-corrected chi connectivity index (χ1v) is 13.5. The predicted octanol–water partition coefficient (Wildman–Crippen LogP) is 4.26. The molecule has 0 radical (unpaired) electrons. The minimum Gasteiger partial charge on any atom is -0.392 e. The van der Waals surface area contributed by atoms with Crippen LogP contribution in [0.3, 0.4) is 0 Å². The molecule has 6 unspecified atom stereocenters. The number of thiazole rings is 1. The van der Waals surface area contributed by atoms with Crippen molar-refractivity contribution in [1.29, 1.82) is 0 Å². The summed E-state index contributed by atoms with van der Waals surface area (Å²) in [5, 5.41) is 45.6. The van der Waals surface area contributed by atoms with Gasteiger partial charge in [0, 0.05) is 24.1 Å². The van der Waals surface area contributed by atoms with E-state index in [-0.39, 0.29) is 31.0 Å². The molecular weight excluding hydrogens is 478 g/mol. The van der Waals surface area contributed by atoms with Crippen LogP contribution in [0.15, 0.2) is 23.6 Å². The van der Waals surface area contributed by atoms with Gasteiger partial charge in [-0.25, -0.2) is 4.98 Å². The lowest BCUT2D eigenvalue weighted by molar-refractivity contribution is -0.142. The molecule has 36 heavy (non-hydrogen) atoms. The predicted molar refractivity (Wildman–Crippen MR) is 145 cm³/mol. The van der Waals surface area contributed by atoms with Crippen LogP contribution < -0.4 is 0 Å². The molecule has 0 amide bonds. The third-order valence-corrected chi connectivity index (χ3v) is 7.88. The quantitative estimate of drug-likeness (QED) is 0.177. The maximum atomic E-state index is 13.2. The molecule has 1 heterocycles. The van der Waals surface area contributed by atoms with E-state index in [0.29, 0.717) is 25.5 Å². The Morgan fingerprint density at radius 3 is 2.39 bits per heavy atom. The van der Waals surface area contributed by atoms with E-state index in [4.69, 9.17) is 0 Å². The maximum Gasteiger partial charge on any atom is 0.147 e. The molecule has 0 aliphatic heterocycles. The maximum absolute atomic E-state index is 13.2. The number of carbonyl (C=O) groups is 2. The number of allylic oxidation sites excluding steroid dienone is 1. The van der Waals surface area contributed by atoms with E-state index >= 15 is 0 Å². The van der Waals surface area contributed by atoms with E-state index in [0.717, 1.165) is 16.3 Å². The summed E-state index contributed by atoms with van der Waals surface area (Å²) in [5.41, 5.74) is -0.761. The highest BCUT2D eigenvalue weighted by molar-refractivity contribution is 7.09. The summed E-state index contributed by atoms with van der Waals surface area (Å²) < 4.78 is 0. The van der Waals surface area contributed by atoms with Crippen molar-refractivity contribution < 1.29 is 30.0 Å². The number of rotatable bonds is 17. The summed E-state index contributed by atoms with van der Waals surface area (Å²) in [4.78, 5) is 28.4. The van der Waals surface area contributed by atoms with E-state index in [9.17, 15) is 30.0 Å². The topological polar surface area (TPSA) is 128 Å². The van der Waals surface area contributed by atoms with Crippen molar-refractivity contribution in [3.63, 3.8) is 0 Å². The molecule has 0 aromatic carbocycles. The van der Waals surface area contributed by atoms with Crippen LogP contribution in [0.25, 0.3) is 6.08 Å². The first kappa shape index (κ1) is 32.3. The van der Waals surface area contributed by atoms with Gasteiger partial charge in [-0.3, -0.25) is 4.79 Å². The molecule has 0 saturated heterocycles. The Bertz CT molecular complexity index is 890. The van der Waals surface area contributed by atoms with Crippen LogP contribution in [0, 0.1) is 24.2 Å². The summed E-state index contributed by atoms with van der Waals surface area (Å²) in [6.07, 6.45) is 2.97. The molecule has 8 heteroatoms. The van der Waals surface area contributed by atoms with Gasteiger partial charge in [-0.05, 0) is 57.6 Å². The molecule has 0 spiro atoms. The first-order valence-electron chi connectivity index (χ1n) is 12.6. The van der Waals surface area contributed by atoms with Gasteiger partial charge in [0.05, 0.1) is 40.0 Å². The lowest BCUT2D eigenvalue weighted by atomic mass is 9.71. The Morgan fingerprint density at radius 1 is 1.22 bits per heavy atom. The number of aliphatic hydroxyl groups excluding tert-OH is 3. The van der Waals surface area contributed by atoms with E-state index in [1.807, 2.05) is 32.2 Å². The largest absolute Gasteiger partial charge is 0.392 e. The van der Waals surface area contributed by atoms with Gasteiger partial charge in [0.1, 0.15) is 12.1 Å². The van der Waals surface area contributed by atoms with Crippen molar-refractivity contribution in [2.45, 2.75) is 104 Å². The Balaban J connectivity index is 2.72. The zero-order valence-corrected chi connectivity index (χ0v) is 23.4. The smallest absolute Gasteiger partial charge is 0.147 e. The molecule has 0 aliphatic carbocycles. The van der Waals surface area contributed by atoms with Gasteiger partial charge in [-0.1, -0.05) is 33.3 Å². The van der Waals surface area contributed by atoms with Gasteiger partial charge >= 0.3 is 0 Å². The van der Waals surface area contributed by atoms with E-state index in [1.54, 1.807) is 26.8 Å². The number of ketones is 1. The summed E-state index contributed by atoms with van der Waals surface area (Å²) in [6, 6.07) is 0. The van der Waals surface area contributed by atoms with Crippen molar-refractivity contribution in [2.24, 2.45) is 17.3 Å². The lowest BCUT2D eigenvalue weighted by Crippen LogP contribution is -2.45. The van der Waals surface area contributed by atoms with Gasteiger partial charge in [-0.2, -0.15) is 0 Å². The van der Waals surface area contributed by atoms with Crippen LogP contribution in [-0.2, 0) is 9.59 Å². The third kappa shape index (κ3) is 9.63. The van der Waals surface area contributed by atoms with Crippen LogP contribution in [-0.4, -0.2) is 61.4 Å². The first-order chi connectivity index (χ1) is 16.7. The normalized spacial score (nSPS) is 18.6. The molecule has 0 aliphatic rings. The van der Waals surface area contributed by atoms with Crippen molar-refractivity contribution in [3.05, 3.63) is 34.3 Å². The summed E-state index contributed by atoms with van der Waals surface area (Å²) in [6.45, 7) is 14.2. The summed E-state index contributed by atoms with van der Waals surface area (Å²) >= 11 is 1.54. The number of aldehydes is 1. The number of aliphatic hydroxyl groups is 4. The molecule has 6 atom stereocenters. The molecule has 204 valence electrons.